The molecule has 0 saturated heterocycles. The van der Waals surface area contributed by atoms with Gasteiger partial charge in [-0.2, -0.15) is 0 Å². The van der Waals surface area contributed by atoms with Crippen LogP contribution in [0.15, 0.2) is 35.7 Å². The van der Waals surface area contributed by atoms with Crippen molar-refractivity contribution in [1.29, 1.82) is 0 Å². The Bertz CT molecular complexity index is 610. The maximum absolute atomic E-state index is 11.8. The summed E-state index contributed by atoms with van der Waals surface area (Å²) >= 11 is 1.45. The van der Waals surface area contributed by atoms with Crippen LogP contribution in [-0.4, -0.2) is 30.5 Å². The lowest BCUT2D eigenvalue weighted by Crippen LogP contribution is -2.30. The molecule has 6 heteroatoms. The van der Waals surface area contributed by atoms with Gasteiger partial charge in [-0.15, -0.1) is 11.3 Å². The summed E-state index contributed by atoms with van der Waals surface area (Å²) in [5.41, 5.74) is 1.58. The van der Waals surface area contributed by atoms with Crippen LogP contribution in [0, 0.1) is 0 Å². The molecular formula is C15H16N2O3S. The van der Waals surface area contributed by atoms with E-state index in [-0.39, 0.29) is 12.5 Å². The molecule has 1 N–H and O–H groups in total. The van der Waals surface area contributed by atoms with Crippen molar-refractivity contribution >= 4 is 23.2 Å². The second kappa shape index (κ2) is 7.54. The summed E-state index contributed by atoms with van der Waals surface area (Å²) in [7, 11) is 1.28. The number of methoxy groups -OCH3 is 1. The number of esters is 1. The second-order valence-corrected chi connectivity index (χ2v) is 5.31. The average molecular weight is 304 g/mol. The van der Waals surface area contributed by atoms with Gasteiger partial charge in [-0.1, -0.05) is 30.3 Å². The van der Waals surface area contributed by atoms with Crippen LogP contribution in [0.2, 0.25) is 0 Å². The van der Waals surface area contributed by atoms with Crippen LogP contribution in [-0.2, 0) is 22.4 Å². The van der Waals surface area contributed by atoms with E-state index in [4.69, 9.17) is 0 Å². The number of rotatable bonds is 6. The van der Waals surface area contributed by atoms with E-state index in [9.17, 15) is 9.59 Å². The van der Waals surface area contributed by atoms with E-state index in [0.717, 1.165) is 17.8 Å². The Morgan fingerprint density at radius 2 is 2.00 bits per heavy atom. The number of thiazole rings is 1. The highest BCUT2D eigenvalue weighted by Gasteiger charge is 2.12. The van der Waals surface area contributed by atoms with E-state index in [1.807, 2.05) is 18.2 Å². The minimum Gasteiger partial charge on any atom is -0.468 e. The normalized spacial score (nSPS) is 10.1. The highest BCUT2D eigenvalue weighted by atomic mass is 32.1. The van der Waals surface area contributed by atoms with E-state index < -0.39 is 5.97 Å². The molecule has 0 bridgehead atoms. The number of benzene rings is 1. The lowest BCUT2D eigenvalue weighted by Gasteiger charge is -2.01. The molecule has 1 amide bonds. The predicted molar refractivity (Wildman–Crippen MR) is 80.3 cm³/mol. The van der Waals surface area contributed by atoms with Crippen LogP contribution in [0.5, 0.6) is 0 Å². The van der Waals surface area contributed by atoms with E-state index in [1.54, 1.807) is 5.38 Å². The topological polar surface area (TPSA) is 68.3 Å². The number of nitrogens with zero attached hydrogens (tertiary/aromatic N) is 1. The first-order chi connectivity index (χ1) is 10.2. The van der Waals surface area contributed by atoms with Crippen molar-refractivity contribution in [1.82, 2.24) is 10.3 Å². The van der Waals surface area contributed by atoms with E-state index in [0.29, 0.717) is 5.69 Å². The molecule has 0 aliphatic rings. The first-order valence-electron chi connectivity index (χ1n) is 6.52. The lowest BCUT2D eigenvalue weighted by molar-refractivity contribution is -0.139. The number of ether oxygens (including phenoxy) is 1. The number of carbonyl (C=O) groups excluding carboxylic acids is 2. The fourth-order valence-corrected chi connectivity index (χ4v) is 2.52. The molecular weight excluding hydrogens is 288 g/mol. The number of nitrogens with one attached hydrogen (secondary N) is 1. The number of aryl methyl sites for hydroxylation is 2. The van der Waals surface area contributed by atoms with Crippen LogP contribution in [0.1, 0.15) is 21.1 Å². The quantitative estimate of drug-likeness (QED) is 0.827. The fourth-order valence-electron chi connectivity index (χ4n) is 1.74. The Morgan fingerprint density at radius 3 is 2.71 bits per heavy atom. The summed E-state index contributed by atoms with van der Waals surface area (Å²) in [6.07, 6.45) is 1.68. The maximum Gasteiger partial charge on any atom is 0.325 e. The zero-order chi connectivity index (χ0) is 15.1. The summed E-state index contributed by atoms with van der Waals surface area (Å²) in [5.74, 6) is -0.842. The van der Waals surface area contributed by atoms with E-state index in [1.165, 1.54) is 24.0 Å². The van der Waals surface area contributed by atoms with Crippen LogP contribution in [0.4, 0.5) is 0 Å². The van der Waals surface area contributed by atoms with Crippen molar-refractivity contribution in [3.63, 3.8) is 0 Å². The molecule has 0 unspecified atom stereocenters. The molecule has 0 fully saturated rings. The Morgan fingerprint density at radius 1 is 1.24 bits per heavy atom. The smallest absolute Gasteiger partial charge is 0.325 e. The molecule has 1 heterocycles. The van der Waals surface area contributed by atoms with Gasteiger partial charge in [-0.25, -0.2) is 4.98 Å². The van der Waals surface area contributed by atoms with Gasteiger partial charge in [0.25, 0.3) is 5.91 Å². The summed E-state index contributed by atoms with van der Waals surface area (Å²) < 4.78 is 4.46. The number of hydrogen-bond acceptors (Lipinski definition) is 5. The second-order valence-electron chi connectivity index (χ2n) is 4.37. The van der Waals surface area contributed by atoms with Crippen molar-refractivity contribution in [3.8, 4) is 0 Å². The first-order valence-corrected chi connectivity index (χ1v) is 7.40. The molecule has 110 valence electrons. The molecule has 21 heavy (non-hydrogen) atoms. The minimum atomic E-state index is -0.483. The summed E-state index contributed by atoms with van der Waals surface area (Å²) in [6.45, 7) is -0.147. The van der Waals surface area contributed by atoms with Crippen LogP contribution >= 0.6 is 11.3 Å². The predicted octanol–water partition coefficient (Wildman–Crippen LogP) is 1.83. The van der Waals surface area contributed by atoms with Crippen molar-refractivity contribution in [2.24, 2.45) is 0 Å². The van der Waals surface area contributed by atoms with Crippen LogP contribution in [0.3, 0.4) is 0 Å². The molecule has 0 spiro atoms. The van der Waals surface area contributed by atoms with E-state index in [2.05, 4.69) is 27.2 Å². The van der Waals surface area contributed by atoms with Gasteiger partial charge in [0.2, 0.25) is 0 Å². The van der Waals surface area contributed by atoms with Crippen molar-refractivity contribution in [2.75, 3.05) is 13.7 Å². The number of carbonyl (C=O) groups is 2. The molecule has 1 aromatic heterocycles. The zero-order valence-electron chi connectivity index (χ0n) is 11.7. The molecule has 0 atom stereocenters. The summed E-state index contributed by atoms with van der Waals surface area (Å²) in [4.78, 5) is 27.0. The standard InChI is InChI=1S/C15H16N2O3S/c1-20-14(18)9-16-15(19)12-10-21-13(17-12)8-7-11-5-3-2-4-6-11/h2-6,10H,7-9H2,1H3,(H,16,19). The molecule has 5 nitrogen and oxygen atoms in total. The van der Waals surface area contributed by atoms with Crippen molar-refractivity contribution < 1.29 is 14.3 Å². The third kappa shape index (κ3) is 4.68. The van der Waals surface area contributed by atoms with Gasteiger partial charge in [0, 0.05) is 11.8 Å². The molecule has 0 aliphatic carbocycles. The Labute approximate surface area is 127 Å². The number of hydrogen-bond donors (Lipinski definition) is 1. The monoisotopic (exact) mass is 304 g/mol. The number of aromatic nitrogens is 1. The van der Waals surface area contributed by atoms with Gasteiger partial charge in [0.1, 0.15) is 12.2 Å². The van der Waals surface area contributed by atoms with Gasteiger partial charge in [-0.3, -0.25) is 9.59 Å². The third-order valence-electron chi connectivity index (χ3n) is 2.88. The molecule has 0 saturated carbocycles. The minimum absolute atomic E-state index is 0.147. The largest absolute Gasteiger partial charge is 0.468 e. The van der Waals surface area contributed by atoms with Crippen LogP contribution < -0.4 is 5.32 Å². The fraction of sp³-hybridized carbons (Fsp3) is 0.267. The van der Waals surface area contributed by atoms with Crippen molar-refractivity contribution in [3.05, 3.63) is 52.0 Å². The highest BCUT2D eigenvalue weighted by molar-refractivity contribution is 7.09. The Balaban J connectivity index is 1.86. The lowest BCUT2D eigenvalue weighted by atomic mass is 10.1. The van der Waals surface area contributed by atoms with Gasteiger partial charge < -0.3 is 10.1 Å². The summed E-state index contributed by atoms with van der Waals surface area (Å²) in [5, 5.41) is 5.07. The highest BCUT2D eigenvalue weighted by Crippen LogP contribution is 2.13. The van der Waals surface area contributed by atoms with E-state index >= 15 is 0 Å². The Kier molecular flexibility index (Phi) is 5.45. The third-order valence-corrected chi connectivity index (χ3v) is 3.78. The van der Waals surface area contributed by atoms with Gasteiger partial charge in [0.15, 0.2) is 0 Å². The van der Waals surface area contributed by atoms with Crippen molar-refractivity contribution in [2.45, 2.75) is 12.8 Å². The summed E-state index contributed by atoms with van der Waals surface area (Å²) in [6, 6.07) is 10.1. The Hall–Kier alpha value is -2.21. The molecule has 2 rings (SSSR count). The van der Waals surface area contributed by atoms with Gasteiger partial charge in [-0.05, 0) is 12.0 Å². The maximum atomic E-state index is 11.8. The zero-order valence-corrected chi connectivity index (χ0v) is 12.5. The van der Waals surface area contributed by atoms with Gasteiger partial charge >= 0.3 is 5.97 Å². The molecule has 1 aromatic carbocycles. The van der Waals surface area contributed by atoms with Gasteiger partial charge in [0.05, 0.1) is 12.1 Å². The van der Waals surface area contributed by atoms with Crippen LogP contribution in [0.25, 0.3) is 0 Å². The first kappa shape index (κ1) is 15.2. The number of amides is 1. The molecule has 2 aromatic rings. The SMILES string of the molecule is COC(=O)CNC(=O)c1csc(CCc2ccccc2)n1. The molecule has 0 radical (unpaired) electrons. The molecule has 0 aliphatic heterocycles. The average Bonchev–Trinajstić information content (AvgIpc) is 3.00.